The van der Waals surface area contributed by atoms with E-state index in [9.17, 15) is 4.79 Å². The molecule has 0 amide bonds. The summed E-state index contributed by atoms with van der Waals surface area (Å²) in [5, 5.41) is 3.84. The number of esters is 1. The van der Waals surface area contributed by atoms with Gasteiger partial charge < -0.3 is 4.74 Å². The minimum atomic E-state index is -0.416. The van der Waals surface area contributed by atoms with Gasteiger partial charge in [0.2, 0.25) is 5.28 Å². The van der Waals surface area contributed by atoms with Gasteiger partial charge in [0.25, 0.3) is 0 Å². The Labute approximate surface area is 165 Å². The number of ether oxygens (including phenoxy) is 1. The van der Waals surface area contributed by atoms with Crippen LogP contribution in [0.2, 0.25) is 10.4 Å². The highest BCUT2D eigenvalue weighted by molar-refractivity contribution is 6.32. The molecule has 0 saturated heterocycles. The molecular formula is C21H14Cl2N2O2. The number of halogens is 2. The highest BCUT2D eigenvalue weighted by Crippen LogP contribution is 2.39. The van der Waals surface area contributed by atoms with E-state index in [-0.39, 0.29) is 17.0 Å². The first-order chi connectivity index (χ1) is 13.1. The van der Waals surface area contributed by atoms with Crippen molar-refractivity contribution < 1.29 is 9.53 Å². The highest BCUT2D eigenvalue weighted by atomic mass is 35.5. The highest BCUT2D eigenvalue weighted by Gasteiger charge is 2.23. The Morgan fingerprint density at radius 2 is 1.52 bits per heavy atom. The zero-order valence-electron chi connectivity index (χ0n) is 14.4. The third-order valence-electron chi connectivity index (χ3n) is 4.34. The van der Waals surface area contributed by atoms with Crippen molar-refractivity contribution in [3.63, 3.8) is 0 Å². The fraction of sp³-hybridized carbons (Fsp3) is 0.0952. The predicted molar refractivity (Wildman–Crippen MR) is 108 cm³/mol. The first kappa shape index (κ1) is 17.7. The minimum absolute atomic E-state index is 0.0181. The van der Waals surface area contributed by atoms with E-state index in [1.54, 1.807) is 13.0 Å². The molecule has 0 aliphatic heterocycles. The number of hydrogen-bond acceptors (Lipinski definition) is 4. The fourth-order valence-corrected chi connectivity index (χ4v) is 3.75. The van der Waals surface area contributed by atoms with E-state index in [0.717, 1.165) is 21.5 Å². The van der Waals surface area contributed by atoms with Crippen LogP contribution in [0.1, 0.15) is 17.3 Å². The molecule has 0 aliphatic carbocycles. The number of benzene rings is 3. The molecule has 0 spiro atoms. The van der Waals surface area contributed by atoms with Crippen molar-refractivity contribution in [3.05, 3.63) is 70.6 Å². The zero-order chi connectivity index (χ0) is 19.0. The molecule has 4 rings (SSSR count). The average Bonchev–Trinajstić information content (AvgIpc) is 2.66. The Bertz CT molecular complexity index is 1170. The van der Waals surface area contributed by atoms with Crippen LogP contribution in [-0.2, 0) is 4.74 Å². The molecule has 4 nitrogen and oxygen atoms in total. The number of carbonyl (C=O) groups is 1. The Kier molecular flexibility index (Phi) is 4.68. The molecule has 0 saturated carbocycles. The zero-order valence-corrected chi connectivity index (χ0v) is 15.9. The summed E-state index contributed by atoms with van der Waals surface area (Å²) < 4.78 is 5.36. The van der Waals surface area contributed by atoms with Crippen LogP contribution in [0.25, 0.3) is 32.8 Å². The van der Waals surface area contributed by atoms with Gasteiger partial charge in [0, 0.05) is 11.6 Å². The summed E-state index contributed by atoms with van der Waals surface area (Å²) in [6.07, 6.45) is 0. The van der Waals surface area contributed by atoms with E-state index in [0.29, 0.717) is 16.8 Å². The maximum atomic E-state index is 12.9. The molecule has 0 N–H and O–H groups in total. The largest absolute Gasteiger partial charge is 0.462 e. The van der Waals surface area contributed by atoms with Gasteiger partial charge in [-0.15, -0.1) is 0 Å². The standard InChI is InChI=1S/C21H14Cl2N2O2/c1-2-27-20(26)19-15-10-6-4-8-13(15)12-7-3-5-9-14(12)18(19)16-11-17(22)25-21(23)24-16/h3-11H,2H2,1H3. The topological polar surface area (TPSA) is 52.1 Å². The van der Waals surface area contributed by atoms with E-state index in [4.69, 9.17) is 27.9 Å². The molecule has 4 aromatic rings. The number of carbonyl (C=O) groups excluding carboxylic acids is 1. The molecule has 0 atom stereocenters. The third kappa shape index (κ3) is 3.11. The van der Waals surface area contributed by atoms with Crippen LogP contribution in [-0.4, -0.2) is 22.5 Å². The van der Waals surface area contributed by atoms with E-state index in [1.165, 1.54) is 0 Å². The Morgan fingerprint density at radius 3 is 2.15 bits per heavy atom. The lowest BCUT2D eigenvalue weighted by Crippen LogP contribution is -2.09. The van der Waals surface area contributed by atoms with Crippen LogP contribution >= 0.6 is 23.2 Å². The van der Waals surface area contributed by atoms with Crippen molar-refractivity contribution in [3.8, 4) is 11.3 Å². The normalized spacial score (nSPS) is 11.1. The lowest BCUT2D eigenvalue weighted by Gasteiger charge is -2.16. The van der Waals surface area contributed by atoms with Crippen molar-refractivity contribution in [1.82, 2.24) is 9.97 Å². The number of hydrogen-bond donors (Lipinski definition) is 0. The van der Waals surface area contributed by atoms with Gasteiger partial charge >= 0.3 is 5.97 Å². The van der Waals surface area contributed by atoms with Gasteiger partial charge in [-0.2, -0.15) is 0 Å². The maximum Gasteiger partial charge on any atom is 0.339 e. The monoisotopic (exact) mass is 396 g/mol. The smallest absolute Gasteiger partial charge is 0.339 e. The van der Waals surface area contributed by atoms with Gasteiger partial charge in [-0.05, 0) is 40.1 Å². The lowest BCUT2D eigenvalue weighted by atomic mass is 9.90. The van der Waals surface area contributed by atoms with Gasteiger partial charge in [-0.3, -0.25) is 0 Å². The lowest BCUT2D eigenvalue weighted by molar-refractivity contribution is 0.0529. The Morgan fingerprint density at radius 1 is 0.926 bits per heavy atom. The van der Waals surface area contributed by atoms with Crippen LogP contribution in [0, 0.1) is 0 Å². The van der Waals surface area contributed by atoms with Gasteiger partial charge in [0.1, 0.15) is 5.15 Å². The number of rotatable bonds is 3. The summed E-state index contributed by atoms with van der Waals surface area (Å²) in [6.45, 7) is 2.05. The molecular weight excluding hydrogens is 383 g/mol. The molecule has 1 heterocycles. The van der Waals surface area contributed by atoms with Gasteiger partial charge in [-0.1, -0.05) is 60.1 Å². The van der Waals surface area contributed by atoms with Crippen LogP contribution in [0.15, 0.2) is 54.6 Å². The first-order valence-electron chi connectivity index (χ1n) is 8.41. The molecule has 3 aromatic carbocycles. The van der Waals surface area contributed by atoms with Crippen LogP contribution < -0.4 is 0 Å². The van der Waals surface area contributed by atoms with Gasteiger partial charge in [0.05, 0.1) is 17.9 Å². The summed E-state index contributed by atoms with van der Waals surface area (Å²) in [5.74, 6) is -0.416. The quantitative estimate of drug-likeness (QED) is 0.186. The van der Waals surface area contributed by atoms with Crippen molar-refractivity contribution in [2.75, 3.05) is 6.61 Å². The summed E-state index contributed by atoms with van der Waals surface area (Å²) >= 11 is 12.2. The molecule has 0 bridgehead atoms. The van der Waals surface area contributed by atoms with Crippen molar-refractivity contribution in [2.45, 2.75) is 6.92 Å². The Balaban J connectivity index is 2.23. The van der Waals surface area contributed by atoms with Gasteiger partial charge in [0.15, 0.2) is 0 Å². The molecule has 134 valence electrons. The molecule has 0 unspecified atom stereocenters. The van der Waals surface area contributed by atoms with Crippen LogP contribution in [0.3, 0.4) is 0 Å². The van der Waals surface area contributed by atoms with Crippen LogP contribution in [0.5, 0.6) is 0 Å². The summed E-state index contributed by atoms with van der Waals surface area (Å²) in [6, 6.07) is 17.2. The number of nitrogens with zero attached hydrogens (tertiary/aromatic N) is 2. The second kappa shape index (κ2) is 7.14. The van der Waals surface area contributed by atoms with E-state index < -0.39 is 5.97 Å². The predicted octanol–water partition coefficient (Wildman–Crippen LogP) is 5.93. The van der Waals surface area contributed by atoms with E-state index in [2.05, 4.69) is 9.97 Å². The second-order valence-corrected chi connectivity index (χ2v) is 6.63. The second-order valence-electron chi connectivity index (χ2n) is 5.91. The van der Waals surface area contributed by atoms with Crippen molar-refractivity contribution >= 4 is 50.7 Å². The Hall–Kier alpha value is -2.69. The minimum Gasteiger partial charge on any atom is -0.462 e. The summed E-state index contributed by atoms with van der Waals surface area (Å²) in [7, 11) is 0. The SMILES string of the molecule is CCOC(=O)c1c(-c2cc(Cl)nc(Cl)n2)c2ccccc2c2ccccc12. The molecule has 0 radical (unpaired) electrons. The van der Waals surface area contributed by atoms with Crippen molar-refractivity contribution in [1.29, 1.82) is 0 Å². The molecule has 6 heteroatoms. The molecule has 1 aromatic heterocycles. The summed E-state index contributed by atoms with van der Waals surface area (Å²) in [5.41, 5.74) is 1.55. The molecule has 0 fully saturated rings. The van der Waals surface area contributed by atoms with E-state index >= 15 is 0 Å². The third-order valence-corrected chi connectivity index (χ3v) is 4.70. The summed E-state index contributed by atoms with van der Waals surface area (Å²) in [4.78, 5) is 21.2. The fourth-order valence-electron chi connectivity index (χ4n) is 3.34. The first-order valence-corrected chi connectivity index (χ1v) is 9.16. The van der Waals surface area contributed by atoms with Crippen LogP contribution in [0.4, 0.5) is 0 Å². The number of fused-ring (bicyclic) bond motifs is 3. The van der Waals surface area contributed by atoms with Crippen molar-refractivity contribution in [2.24, 2.45) is 0 Å². The van der Waals surface area contributed by atoms with E-state index in [1.807, 2.05) is 48.5 Å². The molecule has 27 heavy (non-hydrogen) atoms. The average molecular weight is 397 g/mol. The van der Waals surface area contributed by atoms with Gasteiger partial charge in [-0.25, -0.2) is 14.8 Å². The maximum absolute atomic E-state index is 12.9. The molecule has 0 aliphatic rings. The number of aromatic nitrogens is 2.